The van der Waals surface area contributed by atoms with Gasteiger partial charge in [-0.2, -0.15) is 0 Å². The molecule has 0 radical (unpaired) electrons. The van der Waals surface area contributed by atoms with Crippen molar-refractivity contribution in [2.24, 2.45) is 0 Å². The molecule has 27 heavy (non-hydrogen) atoms. The normalized spacial score (nSPS) is 16.4. The van der Waals surface area contributed by atoms with E-state index in [-0.39, 0.29) is 16.4 Å². The zero-order valence-electron chi connectivity index (χ0n) is 16.5. The van der Waals surface area contributed by atoms with Crippen molar-refractivity contribution >= 4 is 11.4 Å². The van der Waals surface area contributed by atoms with Crippen LogP contribution in [0.15, 0.2) is 30.3 Å². The molecule has 1 aliphatic rings. The van der Waals surface area contributed by atoms with E-state index in [4.69, 9.17) is 4.74 Å². The summed E-state index contributed by atoms with van der Waals surface area (Å²) in [6.45, 7) is 12.8. The molecule has 1 N–H and O–H groups in total. The lowest BCUT2D eigenvalue weighted by Crippen LogP contribution is -2.17. The standard InChI is InChI=1S/C21H26N2O4/c1-20(2,3)12-10-14(21(4,5)6)18-15(11-12)22-19(27-18)13-8-7-9-16(17(13)24)23(25)26/h7-11,19,22,24H,1-6H3/p-1/t19-/m0/s1. The van der Waals surface area contributed by atoms with Gasteiger partial charge >= 0.3 is 0 Å². The summed E-state index contributed by atoms with van der Waals surface area (Å²) in [5, 5.41) is 26.8. The van der Waals surface area contributed by atoms with Crippen molar-refractivity contribution in [3.63, 3.8) is 0 Å². The average molecular weight is 369 g/mol. The van der Waals surface area contributed by atoms with Crippen LogP contribution in [0.3, 0.4) is 0 Å². The summed E-state index contributed by atoms with van der Waals surface area (Å²) >= 11 is 0. The van der Waals surface area contributed by atoms with Gasteiger partial charge in [0.2, 0.25) is 0 Å². The molecule has 0 aliphatic carbocycles. The second kappa shape index (κ2) is 6.15. The molecule has 0 amide bonds. The highest BCUT2D eigenvalue weighted by molar-refractivity contribution is 5.68. The topological polar surface area (TPSA) is 87.5 Å². The summed E-state index contributed by atoms with van der Waals surface area (Å²) in [6.07, 6.45) is -0.747. The monoisotopic (exact) mass is 369 g/mol. The van der Waals surface area contributed by atoms with E-state index in [2.05, 4.69) is 52.9 Å². The Morgan fingerprint density at radius 2 is 1.74 bits per heavy atom. The molecule has 3 rings (SSSR count). The molecular weight excluding hydrogens is 344 g/mol. The number of nitrogens with zero attached hydrogens (tertiary/aromatic N) is 1. The van der Waals surface area contributed by atoms with Crippen molar-refractivity contribution in [1.29, 1.82) is 0 Å². The summed E-state index contributed by atoms with van der Waals surface area (Å²) in [4.78, 5) is 10.4. The van der Waals surface area contributed by atoms with E-state index < -0.39 is 22.6 Å². The van der Waals surface area contributed by atoms with Gasteiger partial charge in [-0.1, -0.05) is 59.7 Å². The lowest BCUT2D eigenvalue weighted by Gasteiger charge is -2.26. The van der Waals surface area contributed by atoms with E-state index in [1.807, 2.05) is 6.07 Å². The van der Waals surface area contributed by atoms with Gasteiger partial charge in [-0.05, 0) is 28.2 Å². The molecular formula is C21H25N2O4-. The van der Waals surface area contributed by atoms with Crippen LogP contribution in [0.1, 0.15) is 64.5 Å². The number of fused-ring (bicyclic) bond motifs is 1. The summed E-state index contributed by atoms with van der Waals surface area (Å²) in [6, 6.07) is 8.47. The molecule has 1 heterocycles. The quantitative estimate of drug-likeness (QED) is 0.609. The van der Waals surface area contributed by atoms with E-state index in [0.29, 0.717) is 5.75 Å². The number of para-hydroxylation sites is 1. The van der Waals surface area contributed by atoms with E-state index in [1.165, 1.54) is 12.1 Å². The molecule has 0 fully saturated rings. The summed E-state index contributed by atoms with van der Waals surface area (Å²) < 4.78 is 6.10. The number of nitrogens with one attached hydrogen (secondary N) is 1. The minimum absolute atomic E-state index is 0.0516. The van der Waals surface area contributed by atoms with Gasteiger partial charge in [-0.3, -0.25) is 10.1 Å². The smallest absolute Gasteiger partial charge is 0.262 e. The molecule has 1 atom stereocenters. The van der Waals surface area contributed by atoms with Crippen LogP contribution in [0.25, 0.3) is 0 Å². The molecule has 2 aromatic carbocycles. The molecule has 0 saturated carbocycles. The second-order valence-corrected chi connectivity index (χ2v) is 9.00. The van der Waals surface area contributed by atoms with Crippen molar-refractivity contribution in [2.45, 2.75) is 58.6 Å². The van der Waals surface area contributed by atoms with Crippen LogP contribution in [0.5, 0.6) is 11.5 Å². The van der Waals surface area contributed by atoms with Crippen molar-refractivity contribution in [3.05, 3.63) is 57.1 Å². The number of anilines is 1. The van der Waals surface area contributed by atoms with Crippen LogP contribution >= 0.6 is 0 Å². The van der Waals surface area contributed by atoms with E-state index in [1.54, 1.807) is 6.07 Å². The number of nitro groups is 1. The largest absolute Gasteiger partial charge is 0.868 e. The first-order chi connectivity index (χ1) is 12.4. The number of nitro benzene ring substituents is 1. The van der Waals surface area contributed by atoms with Crippen LogP contribution in [-0.2, 0) is 10.8 Å². The third-order valence-corrected chi connectivity index (χ3v) is 4.79. The molecule has 2 aromatic rings. The Labute approximate surface area is 159 Å². The first-order valence-corrected chi connectivity index (χ1v) is 8.96. The maximum Gasteiger partial charge on any atom is 0.262 e. The average Bonchev–Trinajstić information content (AvgIpc) is 2.95. The molecule has 0 bridgehead atoms. The Bertz CT molecular complexity index is 908. The third kappa shape index (κ3) is 3.44. The first-order valence-electron chi connectivity index (χ1n) is 8.96. The fourth-order valence-corrected chi connectivity index (χ4v) is 3.18. The van der Waals surface area contributed by atoms with E-state index >= 15 is 0 Å². The number of benzene rings is 2. The van der Waals surface area contributed by atoms with Gasteiger partial charge in [0, 0.05) is 17.2 Å². The Balaban J connectivity index is 2.09. The van der Waals surface area contributed by atoms with Crippen molar-refractivity contribution in [2.75, 3.05) is 5.32 Å². The number of hydrogen-bond acceptors (Lipinski definition) is 5. The predicted molar refractivity (Wildman–Crippen MR) is 103 cm³/mol. The van der Waals surface area contributed by atoms with Gasteiger partial charge < -0.3 is 15.2 Å². The van der Waals surface area contributed by atoms with Gasteiger partial charge in [0.15, 0.2) is 6.23 Å². The maximum atomic E-state index is 12.5. The highest BCUT2D eigenvalue weighted by Gasteiger charge is 2.33. The van der Waals surface area contributed by atoms with Crippen LogP contribution in [0.2, 0.25) is 0 Å². The second-order valence-electron chi connectivity index (χ2n) is 9.00. The van der Waals surface area contributed by atoms with Gasteiger partial charge in [-0.25, -0.2) is 0 Å². The van der Waals surface area contributed by atoms with Crippen LogP contribution in [0.4, 0.5) is 11.4 Å². The molecule has 144 valence electrons. The molecule has 6 heteroatoms. The molecule has 0 saturated heterocycles. The van der Waals surface area contributed by atoms with Gasteiger partial charge in [0.05, 0.1) is 10.6 Å². The highest BCUT2D eigenvalue weighted by atomic mass is 16.6. The van der Waals surface area contributed by atoms with Crippen LogP contribution in [0, 0.1) is 10.1 Å². The van der Waals surface area contributed by atoms with Crippen molar-refractivity contribution in [1.82, 2.24) is 0 Å². The summed E-state index contributed by atoms with van der Waals surface area (Å²) in [5.74, 6) is 0.0764. The minimum Gasteiger partial charge on any atom is -0.868 e. The van der Waals surface area contributed by atoms with Crippen LogP contribution < -0.4 is 15.2 Å². The third-order valence-electron chi connectivity index (χ3n) is 4.79. The first kappa shape index (κ1) is 19.0. The fraction of sp³-hybridized carbons (Fsp3) is 0.429. The number of hydrogen-bond donors (Lipinski definition) is 1. The Hall–Kier alpha value is -2.76. The zero-order valence-corrected chi connectivity index (χ0v) is 16.5. The van der Waals surface area contributed by atoms with Crippen molar-refractivity contribution < 1.29 is 14.8 Å². The van der Waals surface area contributed by atoms with Crippen molar-refractivity contribution in [3.8, 4) is 11.5 Å². The molecule has 0 spiro atoms. The Morgan fingerprint density at radius 1 is 1.07 bits per heavy atom. The highest BCUT2D eigenvalue weighted by Crippen LogP contribution is 2.48. The molecule has 6 nitrogen and oxygen atoms in total. The molecule has 0 aromatic heterocycles. The molecule has 1 aliphatic heterocycles. The predicted octanol–water partition coefficient (Wildman–Crippen LogP) is 4.77. The summed E-state index contributed by atoms with van der Waals surface area (Å²) in [5.41, 5.74) is 2.58. The van der Waals surface area contributed by atoms with Crippen LogP contribution in [-0.4, -0.2) is 4.92 Å². The maximum absolute atomic E-state index is 12.5. The zero-order chi connectivity index (χ0) is 20.1. The lowest BCUT2D eigenvalue weighted by atomic mass is 9.80. The Morgan fingerprint density at radius 3 is 2.30 bits per heavy atom. The summed E-state index contributed by atoms with van der Waals surface area (Å²) in [7, 11) is 0. The van der Waals surface area contributed by atoms with Gasteiger partial charge in [-0.15, -0.1) is 0 Å². The minimum atomic E-state index is -0.747. The van der Waals surface area contributed by atoms with Gasteiger partial charge in [0.1, 0.15) is 5.75 Å². The van der Waals surface area contributed by atoms with Gasteiger partial charge in [0.25, 0.3) is 5.69 Å². The number of ether oxygens (including phenoxy) is 1. The lowest BCUT2D eigenvalue weighted by molar-refractivity contribution is -0.398. The SMILES string of the molecule is CC(C)(C)c1cc2c(c(C(C)(C)C)c1)O[C@@H](c1cccc([N+](=O)[O-])c1[O-])N2. The Kier molecular flexibility index (Phi) is 4.33. The van der Waals surface area contributed by atoms with E-state index in [0.717, 1.165) is 16.8 Å². The number of rotatable bonds is 2. The van der Waals surface area contributed by atoms with E-state index in [9.17, 15) is 15.2 Å². The molecule has 0 unspecified atom stereocenters. The fourth-order valence-electron chi connectivity index (χ4n) is 3.18.